The van der Waals surface area contributed by atoms with E-state index >= 15 is 0 Å². The first-order chi connectivity index (χ1) is 15.8. The molecule has 0 unspecified atom stereocenters. The first kappa shape index (κ1) is 21.4. The largest absolute Gasteiger partial charge is 0.472 e. The molecule has 0 spiro atoms. The number of nitrogens with zero attached hydrogens (tertiary/aromatic N) is 3. The Kier molecular flexibility index (Phi) is 5.31. The van der Waals surface area contributed by atoms with Crippen molar-refractivity contribution in [3.63, 3.8) is 0 Å². The van der Waals surface area contributed by atoms with Gasteiger partial charge in [-0.15, -0.1) is 0 Å². The lowest BCUT2D eigenvalue weighted by Gasteiger charge is -2.25. The van der Waals surface area contributed by atoms with E-state index in [1.807, 2.05) is 48.2 Å². The van der Waals surface area contributed by atoms with Crippen molar-refractivity contribution in [1.82, 2.24) is 14.9 Å². The van der Waals surface area contributed by atoms with E-state index in [2.05, 4.69) is 9.97 Å². The predicted molar refractivity (Wildman–Crippen MR) is 116 cm³/mol. The van der Waals surface area contributed by atoms with Gasteiger partial charge in [0.15, 0.2) is 0 Å². The fourth-order valence-corrected chi connectivity index (χ4v) is 4.93. The summed E-state index contributed by atoms with van der Waals surface area (Å²) in [5.41, 5.74) is 2.31. The average Bonchev–Trinajstić information content (AvgIpc) is 3.36. The van der Waals surface area contributed by atoms with Crippen LogP contribution in [0.5, 0.6) is 5.88 Å². The summed E-state index contributed by atoms with van der Waals surface area (Å²) in [7, 11) is 0. The number of ether oxygens (including phenoxy) is 1. The Morgan fingerprint density at radius 2 is 1.88 bits per heavy atom. The molecule has 4 heterocycles. The van der Waals surface area contributed by atoms with Crippen molar-refractivity contribution in [1.29, 1.82) is 0 Å². The van der Waals surface area contributed by atoms with Crippen LogP contribution in [-0.4, -0.2) is 39.0 Å². The third-order valence-corrected chi connectivity index (χ3v) is 6.47. The van der Waals surface area contributed by atoms with E-state index in [4.69, 9.17) is 4.74 Å². The van der Waals surface area contributed by atoms with Crippen LogP contribution in [0.4, 0.5) is 13.2 Å². The lowest BCUT2D eigenvalue weighted by Crippen LogP contribution is -2.39. The first-order valence-electron chi connectivity index (χ1n) is 10.9. The molecule has 5 rings (SSSR count). The van der Waals surface area contributed by atoms with Crippen LogP contribution in [0, 0.1) is 6.92 Å². The molecular weight excluding hydrogens is 431 g/mol. The van der Waals surface area contributed by atoms with E-state index in [9.17, 15) is 18.0 Å². The van der Waals surface area contributed by atoms with Gasteiger partial charge in [-0.1, -0.05) is 24.3 Å². The Balaban J connectivity index is 1.38. The summed E-state index contributed by atoms with van der Waals surface area (Å²) >= 11 is 0. The molecule has 2 bridgehead atoms. The average molecular weight is 453 g/mol. The summed E-state index contributed by atoms with van der Waals surface area (Å²) in [6, 6.07) is 13.4. The Bertz CT molecular complexity index is 1180. The highest BCUT2D eigenvalue weighted by Crippen LogP contribution is 2.41. The number of rotatable bonds is 4. The van der Waals surface area contributed by atoms with Gasteiger partial charge in [-0.25, -0.2) is 4.98 Å². The molecule has 0 aliphatic carbocycles. The van der Waals surface area contributed by atoms with Crippen LogP contribution in [0.3, 0.4) is 0 Å². The number of aryl methyl sites for hydroxylation is 1. The smallest absolute Gasteiger partial charge is 0.417 e. The summed E-state index contributed by atoms with van der Waals surface area (Å²) in [5, 5.41) is 0. The van der Waals surface area contributed by atoms with Crippen LogP contribution in [0.15, 0.2) is 60.9 Å². The Hall–Kier alpha value is -3.42. The highest BCUT2D eigenvalue weighted by atomic mass is 19.4. The second-order valence-electron chi connectivity index (χ2n) is 8.50. The van der Waals surface area contributed by atoms with E-state index in [1.165, 1.54) is 6.07 Å². The number of halogens is 3. The molecule has 2 aliphatic heterocycles. The standard InChI is InChI=1S/C25H22F3N3O2/c1-15-5-4-12-29-23(15)18-6-2-3-7-19(18)24(32)31-17-9-10-20(31)21(13-17)33-22-11-8-16(14-30-22)25(26,27)28/h2-8,11-12,14,17,20-21H,9-10,13H2,1H3/t17-,20+,21-/m1/s1. The van der Waals surface area contributed by atoms with Gasteiger partial charge in [-0.3, -0.25) is 9.78 Å². The zero-order valence-corrected chi connectivity index (χ0v) is 17.9. The maximum atomic E-state index is 13.7. The van der Waals surface area contributed by atoms with Gasteiger partial charge in [-0.05, 0) is 43.5 Å². The van der Waals surface area contributed by atoms with Crippen LogP contribution >= 0.6 is 0 Å². The second kappa shape index (κ2) is 8.17. The molecule has 33 heavy (non-hydrogen) atoms. The quantitative estimate of drug-likeness (QED) is 0.538. The highest BCUT2D eigenvalue weighted by molar-refractivity contribution is 6.01. The molecule has 1 aromatic carbocycles. The number of pyridine rings is 2. The predicted octanol–water partition coefficient (Wildman–Crippen LogP) is 5.30. The lowest BCUT2D eigenvalue weighted by molar-refractivity contribution is -0.137. The minimum absolute atomic E-state index is 0.0276. The van der Waals surface area contributed by atoms with Crippen LogP contribution in [0.1, 0.15) is 40.7 Å². The summed E-state index contributed by atoms with van der Waals surface area (Å²) in [6.45, 7) is 1.96. The summed E-state index contributed by atoms with van der Waals surface area (Å²) in [5.74, 6) is 0.0621. The molecule has 3 atom stereocenters. The van der Waals surface area contributed by atoms with Gasteiger partial charge in [0.05, 0.1) is 17.3 Å². The van der Waals surface area contributed by atoms with Crippen LogP contribution in [-0.2, 0) is 6.18 Å². The van der Waals surface area contributed by atoms with E-state index < -0.39 is 11.7 Å². The van der Waals surface area contributed by atoms with Crippen molar-refractivity contribution in [2.24, 2.45) is 0 Å². The fourth-order valence-electron chi connectivity index (χ4n) is 4.93. The Labute approximate surface area is 189 Å². The maximum absolute atomic E-state index is 13.7. The number of alkyl halides is 3. The van der Waals surface area contributed by atoms with Gasteiger partial charge in [-0.2, -0.15) is 13.2 Å². The summed E-state index contributed by atoms with van der Waals surface area (Å²) < 4.78 is 44.3. The number of carbonyl (C=O) groups is 1. The molecule has 2 aromatic heterocycles. The number of fused-ring (bicyclic) bond motifs is 2. The topological polar surface area (TPSA) is 55.3 Å². The van der Waals surface area contributed by atoms with Crippen LogP contribution < -0.4 is 4.74 Å². The molecule has 3 aromatic rings. The number of hydrogen-bond acceptors (Lipinski definition) is 4. The lowest BCUT2D eigenvalue weighted by atomic mass is 9.98. The number of hydrogen-bond donors (Lipinski definition) is 0. The van der Waals surface area contributed by atoms with E-state index in [0.29, 0.717) is 12.0 Å². The maximum Gasteiger partial charge on any atom is 0.417 e. The molecule has 0 N–H and O–H groups in total. The van der Waals surface area contributed by atoms with Gasteiger partial charge >= 0.3 is 6.18 Å². The van der Waals surface area contributed by atoms with Crippen molar-refractivity contribution >= 4 is 5.91 Å². The van der Waals surface area contributed by atoms with Crippen molar-refractivity contribution in [3.05, 3.63) is 77.6 Å². The van der Waals surface area contributed by atoms with E-state index in [-0.39, 0.29) is 30.0 Å². The minimum atomic E-state index is -4.44. The van der Waals surface area contributed by atoms with Gasteiger partial charge in [0.25, 0.3) is 5.91 Å². The zero-order valence-electron chi connectivity index (χ0n) is 17.9. The molecule has 8 heteroatoms. The SMILES string of the molecule is Cc1cccnc1-c1ccccc1C(=O)N1[C@@H]2CC[C@H]1[C@H](Oc1ccc(C(F)(F)F)cn1)C2. The summed E-state index contributed by atoms with van der Waals surface area (Å²) in [4.78, 5) is 23.9. The molecular formula is C25H22F3N3O2. The molecule has 2 fully saturated rings. The number of aromatic nitrogens is 2. The fraction of sp³-hybridized carbons (Fsp3) is 0.320. The van der Waals surface area contributed by atoms with E-state index in [0.717, 1.165) is 41.9 Å². The van der Waals surface area contributed by atoms with Gasteiger partial charge in [0.2, 0.25) is 5.88 Å². The van der Waals surface area contributed by atoms with Crippen LogP contribution in [0.2, 0.25) is 0 Å². The van der Waals surface area contributed by atoms with Crippen molar-refractivity contribution < 1.29 is 22.7 Å². The molecule has 170 valence electrons. The molecule has 1 amide bonds. The van der Waals surface area contributed by atoms with Crippen molar-refractivity contribution in [2.75, 3.05) is 0 Å². The molecule has 0 radical (unpaired) electrons. The number of amides is 1. The second-order valence-corrected chi connectivity index (χ2v) is 8.50. The Morgan fingerprint density at radius 1 is 1.06 bits per heavy atom. The first-order valence-corrected chi connectivity index (χ1v) is 10.9. The van der Waals surface area contributed by atoms with Crippen molar-refractivity contribution in [2.45, 2.75) is 50.6 Å². The highest BCUT2D eigenvalue weighted by Gasteiger charge is 2.50. The third-order valence-electron chi connectivity index (χ3n) is 6.47. The molecule has 2 saturated heterocycles. The monoisotopic (exact) mass is 453 g/mol. The molecule has 2 aliphatic rings. The van der Waals surface area contributed by atoms with Crippen LogP contribution in [0.25, 0.3) is 11.3 Å². The van der Waals surface area contributed by atoms with Gasteiger partial charge in [0.1, 0.15) is 6.10 Å². The number of carbonyl (C=O) groups excluding carboxylic acids is 1. The number of benzene rings is 1. The molecule has 5 nitrogen and oxygen atoms in total. The molecule has 0 saturated carbocycles. The minimum Gasteiger partial charge on any atom is -0.472 e. The van der Waals surface area contributed by atoms with Gasteiger partial charge in [0, 0.05) is 42.0 Å². The zero-order chi connectivity index (χ0) is 23.2. The Morgan fingerprint density at radius 3 is 2.61 bits per heavy atom. The van der Waals surface area contributed by atoms with Crippen molar-refractivity contribution in [3.8, 4) is 17.1 Å². The van der Waals surface area contributed by atoms with E-state index in [1.54, 1.807) is 6.20 Å². The normalized spacial score (nSPS) is 21.9. The van der Waals surface area contributed by atoms with Gasteiger partial charge < -0.3 is 9.64 Å². The summed E-state index contributed by atoms with van der Waals surface area (Å²) in [6.07, 6.45) is 0.0278. The third kappa shape index (κ3) is 3.94.